The van der Waals surface area contributed by atoms with Gasteiger partial charge in [0.1, 0.15) is 0 Å². The number of hydrogen-bond acceptors (Lipinski definition) is 2. The van der Waals surface area contributed by atoms with E-state index in [-0.39, 0.29) is 5.78 Å². The van der Waals surface area contributed by atoms with Crippen LogP contribution in [0.5, 0.6) is 0 Å². The Bertz CT molecular complexity index is 786. The molecule has 0 radical (unpaired) electrons. The molecule has 1 aromatic carbocycles. The van der Waals surface area contributed by atoms with Crippen LogP contribution in [0.2, 0.25) is 0 Å². The minimum atomic E-state index is 0.248. The van der Waals surface area contributed by atoms with Gasteiger partial charge in [-0.3, -0.25) is 4.79 Å². The molecule has 0 amide bonds. The van der Waals surface area contributed by atoms with Crippen LogP contribution < -0.4 is 0 Å². The molecule has 18 heavy (non-hydrogen) atoms. The fourth-order valence-corrected chi connectivity index (χ4v) is 2.84. The van der Waals surface area contributed by atoms with Crippen LogP contribution in [0.1, 0.15) is 28.9 Å². The van der Waals surface area contributed by atoms with E-state index in [1.165, 1.54) is 0 Å². The molecule has 3 heteroatoms. The number of pyridine rings is 1. The summed E-state index contributed by atoms with van der Waals surface area (Å²) in [7, 11) is 0. The third-order valence-corrected chi connectivity index (χ3v) is 3.71. The quantitative estimate of drug-likeness (QED) is 0.601. The number of fused-ring (bicyclic) bond motifs is 5. The van der Waals surface area contributed by atoms with E-state index >= 15 is 0 Å². The summed E-state index contributed by atoms with van der Waals surface area (Å²) in [5.74, 6) is 0.248. The molecule has 0 aliphatic heterocycles. The van der Waals surface area contributed by atoms with Crippen LogP contribution in [-0.2, 0) is 6.42 Å². The Morgan fingerprint density at radius 1 is 1.06 bits per heavy atom. The van der Waals surface area contributed by atoms with E-state index in [1.54, 1.807) is 0 Å². The average Bonchev–Trinajstić information content (AvgIpc) is 2.78. The van der Waals surface area contributed by atoms with Crippen LogP contribution in [0, 0.1) is 0 Å². The van der Waals surface area contributed by atoms with E-state index in [2.05, 4.69) is 11.2 Å². The van der Waals surface area contributed by atoms with Crippen molar-refractivity contribution in [2.45, 2.75) is 19.3 Å². The van der Waals surface area contributed by atoms with Crippen molar-refractivity contribution in [3.8, 4) is 0 Å². The van der Waals surface area contributed by atoms with Crippen LogP contribution in [0.15, 0.2) is 36.4 Å². The smallest absolute Gasteiger partial charge is 0.164 e. The normalized spacial score (nSPS) is 15.2. The van der Waals surface area contributed by atoms with Gasteiger partial charge in [0.05, 0.1) is 16.7 Å². The first-order valence-electron chi connectivity index (χ1n) is 6.27. The number of hydrogen-bond donors (Lipinski definition) is 0. The highest BCUT2D eigenvalue weighted by Gasteiger charge is 2.20. The Hall–Kier alpha value is -2.16. The van der Waals surface area contributed by atoms with E-state index in [9.17, 15) is 4.79 Å². The molecule has 0 spiro atoms. The van der Waals surface area contributed by atoms with Crippen LogP contribution in [0.3, 0.4) is 0 Å². The third kappa shape index (κ3) is 1.19. The molecule has 4 rings (SSSR count). The van der Waals surface area contributed by atoms with Crippen LogP contribution >= 0.6 is 0 Å². The Balaban J connectivity index is 2.17. The van der Waals surface area contributed by atoms with Gasteiger partial charge in [0.15, 0.2) is 5.78 Å². The fourth-order valence-electron chi connectivity index (χ4n) is 2.84. The fraction of sp³-hybridized carbons (Fsp3) is 0.200. The lowest BCUT2D eigenvalue weighted by Gasteiger charge is -2.15. The number of carbonyl (C=O) groups is 1. The van der Waals surface area contributed by atoms with Gasteiger partial charge in [0.25, 0.3) is 0 Å². The number of aromatic nitrogens is 2. The third-order valence-electron chi connectivity index (χ3n) is 3.71. The van der Waals surface area contributed by atoms with E-state index < -0.39 is 0 Å². The molecule has 0 fully saturated rings. The topological polar surface area (TPSA) is 34.4 Å². The minimum absolute atomic E-state index is 0.248. The van der Waals surface area contributed by atoms with E-state index in [0.29, 0.717) is 6.42 Å². The monoisotopic (exact) mass is 236 g/mol. The molecule has 3 nitrogen and oxygen atoms in total. The summed E-state index contributed by atoms with van der Waals surface area (Å²) in [4.78, 5) is 11.9. The van der Waals surface area contributed by atoms with Crippen molar-refractivity contribution in [1.29, 1.82) is 0 Å². The zero-order valence-corrected chi connectivity index (χ0v) is 9.89. The van der Waals surface area contributed by atoms with Gasteiger partial charge in [0.2, 0.25) is 0 Å². The maximum Gasteiger partial charge on any atom is 0.164 e. The number of rotatable bonds is 0. The zero-order chi connectivity index (χ0) is 12.1. The molecular formula is C15H12N2O. The standard InChI is InChI=1S/C15H12N2O/c18-15-7-3-6-13-11(15)8-9-14-10-4-1-2-5-12(10)16-17(13)14/h1-2,4-5,8-9H,3,6-7H2. The predicted molar refractivity (Wildman–Crippen MR) is 70.0 cm³/mol. The number of Topliss-reactive ketones (excluding diaryl/α,β-unsaturated/α-hetero) is 1. The second-order valence-electron chi connectivity index (χ2n) is 4.78. The SMILES string of the molecule is O=C1CCCc2c1ccc1c3ccccc3nn21. The molecule has 2 heterocycles. The maximum absolute atomic E-state index is 11.9. The molecule has 88 valence electrons. The largest absolute Gasteiger partial charge is 0.294 e. The Morgan fingerprint density at radius 2 is 1.94 bits per heavy atom. The van der Waals surface area contributed by atoms with E-state index in [1.807, 2.05) is 34.8 Å². The number of ketones is 1. The second-order valence-corrected chi connectivity index (χ2v) is 4.78. The molecule has 1 aliphatic rings. The first-order chi connectivity index (χ1) is 8.84. The number of nitrogens with zero attached hydrogens (tertiary/aromatic N) is 2. The molecule has 3 aromatic rings. The first kappa shape index (κ1) is 9.83. The summed E-state index contributed by atoms with van der Waals surface area (Å²) in [5, 5.41) is 5.78. The Morgan fingerprint density at radius 3 is 2.89 bits per heavy atom. The summed E-state index contributed by atoms with van der Waals surface area (Å²) < 4.78 is 1.96. The zero-order valence-electron chi connectivity index (χ0n) is 9.89. The Kier molecular flexibility index (Phi) is 1.87. The summed E-state index contributed by atoms with van der Waals surface area (Å²) in [6, 6.07) is 12.1. The van der Waals surface area contributed by atoms with Crippen molar-refractivity contribution in [1.82, 2.24) is 9.61 Å². The number of benzene rings is 1. The Labute approximate surface area is 104 Å². The van der Waals surface area contributed by atoms with Gasteiger partial charge in [-0.15, -0.1) is 0 Å². The van der Waals surface area contributed by atoms with Crippen molar-refractivity contribution in [3.05, 3.63) is 47.7 Å². The summed E-state index contributed by atoms with van der Waals surface area (Å²) >= 11 is 0. The van der Waals surface area contributed by atoms with Gasteiger partial charge in [-0.25, -0.2) is 4.52 Å². The molecular weight excluding hydrogens is 224 g/mol. The molecule has 2 aromatic heterocycles. The molecule has 0 atom stereocenters. The average molecular weight is 236 g/mol. The van der Waals surface area contributed by atoms with Gasteiger partial charge in [-0.1, -0.05) is 18.2 Å². The predicted octanol–water partition coefficient (Wildman–Crippen LogP) is 3.01. The molecule has 0 bridgehead atoms. The minimum Gasteiger partial charge on any atom is -0.294 e. The van der Waals surface area contributed by atoms with Crippen molar-refractivity contribution in [2.75, 3.05) is 0 Å². The van der Waals surface area contributed by atoms with E-state index in [0.717, 1.165) is 40.5 Å². The van der Waals surface area contributed by atoms with Gasteiger partial charge < -0.3 is 0 Å². The van der Waals surface area contributed by atoms with Crippen LogP contribution in [0.4, 0.5) is 0 Å². The lowest BCUT2D eigenvalue weighted by Crippen LogP contribution is -2.15. The van der Waals surface area contributed by atoms with Gasteiger partial charge in [-0.2, -0.15) is 5.10 Å². The maximum atomic E-state index is 11.9. The molecule has 0 N–H and O–H groups in total. The first-order valence-corrected chi connectivity index (χ1v) is 6.27. The van der Waals surface area contributed by atoms with Crippen molar-refractivity contribution < 1.29 is 4.79 Å². The lowest BCUT2D eigenvalue weighted by molar-refractivity contribution is 0.0971. The summed E-state index contributed by atoms with van der Waals surface area (Å²) in [6.07, 6.45) is 2.53. The number of aryl methyl sites for hydroxylation is 1. The van der Waals surface area contributed by atoms with Gasteiger partial charge >= 0.3 is 0 Å². The van der Waals surface area contributed by atoms with E-state index in [4.69, 9.17) is 0 Å². The summed E-state index contributed by atoms with van der Waals surface area (Å²) in [6.45, 7) is 0. The number of carbonyl (C=O) groups excluding carboxylic acids is 1. The lowest BCUT2D eigenvalue weighted by atomic mass is 9.94. The van der Waals surface area contributed by atoms with Gasteiger partial charge in [-0.05, 0) is 31.0 Å². The molecule has 0 saturated carbocycles. The van der Waals surface area contributed by atoms with Crippen LogP contribution in [0.25, 0.3) is 16.4 Å². The van der Waals surface area contributed by atoms with Gasteiger partial charge in [0, 0.05) is 17.4 Å². The molecule has 1 aliphatic carbocycles. The highest BCUT2D eigenvalue weighted by molar-refractivity contribution is 6.00. The van der Waals surface area contributed by atoms with Crippen molar-refractivity contribution >= 4 is 22.2 Å². The second kappa shape index (κ2) is 3.42. The van der Waals surface area contributed by atoms with Crippen LogP contribution in [-0.4, -0.2) is 15.4 Å². The molecule has 0 unspecified atom stereocenters. The highest BCUT2D eigenvalue weighted by atomic mass is 16.1. The summed E-state index contributed by atoms with van der Waals surface area (Å²) in [5.41, 5.74) is 4.00. The van der Waals surface area contributed by atoms with Crippen molar-refractivity contribution in [2.24, 2.45) is 0 Å². The van der Waals surface area contributed by atoms with Crippen molar-refractivity contribution in [3.63, 3.8) is 0 Å². The highest BCUT2D eigenvalue weighted by Crippen LogP contribution is 2.26. The molecule has 0 saturated heterocycles.